The van der Waals surface area contributed by atoms with Crippen LogP contribution in [0.5, 0.6) is 0 Å². The summed E-state index contributed by atoms with van der Waals surface area (Å²) in [5.41, 5.74) is 0. The minimum atomic E-state index is 0.154. The van der Waals surface area contributed by atoms with Crippen LogP contribution in [0.1, 0.15) is 19.3 Å². The van der Waals surface area contributed by atoms with Gasteiger partial charge in [0.15, 0.2) is 5.96 Å². The first-order chi connectivity index (χ1) is 15.3. The number of nitrogens with zero attached hydrogens (tertiary/aromatic N) is 5. The summed E-state index contributed by atoms with van der Waals surface area (Å²) in [4.78, 5) is 29.3. The predicted octanol–water partition coefficient (Wildman–Crippen LogP) is 0.124. The fourth-order valence-electron chi connectivity index (χ4n) is 3.62. The number of amides is 1. The molecule has 0 radical (unpaired) electrons. The van der Waals surface area contributed by atoms with Gasteiger partial charge in [-0.3, -0.25) is 9.79 Å². The van der Waals surface area contributed by atoms with Gasteiger partial charge in [0.05, 0.1) is 13.2 Å². The average Bonchev–Trinajstić information content (AvgIpc) is 3.34. The van der Waals surface area contributed by atoms with Crippen molar-refractivity contribution in [3.63, 3.8) is 0 Å². The van der Waals surface area contributed by atoms with Gasteiger partial charge in [-0.25, -0.2) is 9.97 Å². The maximum Gasteiger partial charge on any atom is 0.225 e. The van der Waals surface area contributed by atoms with Gasteiger partial charge >= 0.3 is 0 Å². The molecule has 1 atom stereocenters. The van der Waals surface area contributed by atoms with E-state index in [1.807, 2.05) is 4.90 Å². The molecule has 2 N–H and O–H groups in total. The molecule has 1 aromatic heterocycles. The van der Waals surface area contributed by atoms with Crippen molar-refractivity contribution in [2.24, 2.45) is 10.9 Å². The molecular formula is C21H35N7O3. The maximum absolute atomic E-state index is 12.5. The molecule has 31 heavy (non-hydrogen) atoms. The molecule has 0 spiro atoms. The lowest BCUT2D eigenvalue weighted by molar-refractivity contribution is -0.131. The molecule has 172 valence electrons. The summed E-state index contributed by atoms with van der Waals surface area (Å²) < 4.78 is 11.1. The van der Waals surface area contributed by atoms with E-state index in [9.17, 15) is 4.79 Å². The summed E-state index contributed by atoms with van der Waals surface area (Å²) in [6.45, 7) is 7.40. The first kappa shape index (κ1) is 23.2. The number of hydrogen-bond donors (Lipinski definition) is 2. The maximum atomic E-state index is 12.5. The number of anilines is 1. The first-order valence-electron chi connectivity index (χ1n) is 11.2. The van der Waals surface area contributed by atoms with E-state index in [2.05, 4.69) is 30.5 Å². The molecule has 0 saturated carbocycles. The van der Waals surface area contributed by atoms with Gasteiger partial charge in [-0.2, -0.15) is 0 Å². The Morgan fingerprint density at radius 1 is 1.23 bits per heavy atom. The molecule has 0 aromatic carbocycles. The molecule has 2 aliphatic rings. The van der Waals surface area contributed by atoms with E-state index < -0.39 is 0 Å². The van der Waals surface area contributed by atoms with Crippen LogP contribution in [0.2, 0.25) is 0 Å². The zero-order valence-corrected chi connectivity index (χ0v) is 18.5. The number of carbonyl (C=O) groups excluding carboxylic acids is 1. The number of hydrogen-bond acceptors (Lipinski definition) is 7. The second-order valence-electron chi connectivity index (χ2n) is 7.75. The van der Waals surface area contributed by atoms with Gasteiger partial charge in [0.1, 0.15) is 0 Å². The molecule has 0 bridgehead atoms. The van der Waals surface area contributed by atoms with Crippen LogP contribution in [-0.4, -0.2) is 99.5 Å². The van der Waals surface area contributed by atoms with Gasteiger partial charge in [0.25, 0.3) is 0 Å². The minimum Gasteiger partial charge on any atom is -0.381 e. The van der Waals surface area contributed by atoms with Crippen LogP contribution < -0.4 is 15.5 Å². The Morgan fingerprint density at radius 2 is 2.00 bits per heavy atom. The van der Waals surface area contributed by atoms with Crippen molar-refractivity contribution >= 4 is 17.8 Å². The van der Waals surface area contributed by atoms with Crippen molar-refractivity contribution in [1.82, 2.24) is 25.5 Å². The topological polar surface area (TPSA) is 104 Å². The van der Waals surface area contributed by atoms with E-state index in [1.54, 1.807) is 25.5 Å². The van der Waals surface area contributed by atoms with E-state index in [0.717, 1.165) is 64.9 Å². The molecule has 1 unspecified atom stereocenters. The highest BCUT2D eigenvalue weighted by Gasteiger charge is 2.22. The van der Waals surface area contributed by atoms with Crippen molar-refractivity contribution in [3.05, 3.63) is 18.5 Å². The average molecular weight is 434 g/mol. The number of ether oxygens (including phenoxy) is 2. The molecule has 10 heteroatoms. The van der Waals surface area contributed by atoms with Gasteiger partial charge in [-0.1, -0.05) is 0 Å². The van der Waals surface area contributed by atoms with Crippen molar-refractivity contribution in [1.29, 1.82) is 0 Å². The fraction of sp³-hybridized carbons (Fsp3) is 0.714. The Bertz CT molecular complexity index is 675. The van der Waals surface area contributed by atoms with E-state index in [-0.39, 0.29) is 5.91 Å². The number of rotatable bonds is 10. The summed E-state index contributed by atoms with van der Waals surface area (Å²) in [6, 6.07) is 1.81. The third-order valence-electron chi connectivity index (χ3n) is 5.46. The second-order valence-corrected chi connectivity index (χ2v) is 7.75. The van der Waals surface area contributed by atoms with E-state index in [1.165, 1.54) is 0 Å². The molecule has 10 nitrogen and oxygen atoms in total. The largest absolute Gasteiger partial charge is 0.381 e. The van der Waals surface area contributed by atoms with E-state index >= 15 is 0 Å². The number of guanidine groups is 1. The van der Waals surface area contributed by atoms with Crippen molar-refractivity contribution in [2.75, 3.05) is 77.6 Å². The fourth-order valence-corrected chi connectivity index (χ4v) is 3.62. The number of nitrogens with one attached hydrogen (secondary N) is 2. The van der Waals surface area contributed by atoms with Crippen LogP contribution >= 0.6 is 0 Å². The number of aliphatic imine (C=N–C) groups is 1. The van der Waals surface area contributed by atoms with Gasteiger partial charge in [0.2, 0.25) is 11.9 Å². The van der Waals surface area contributed by atoms with Crippen LogP contribution in [0.25, 0.3) is 0 Å². The zero-order chi connectivity index (χ0) is 21.7. The van der Waals surface area contributed by atoms with Crippen molar-refractivity contribution in [3.8, 4) is 0 Å². The quantitative estimate of drug-likeness (QED) is 0.305. The molecule has 2 aliphatic heterocycles. The van der Waals surface area contributed by atoms with Crippen molar-refractivity contribution < 1.29 is 14.3 Å². The lowest BCUT2D eigenvalue weighted by Gasteiger charge is -2.34. The summed E-state index contributed by atoms with van der Waals surface area (Å²) in [5.74, 6) is 2.14. The summed E-state index contributed by atoms with van der Waals surface area (Å²) in [7, 11) is 1.73. The molecule has 2 saturated heterocycles. The molecule has 3 heterocycles. The van der Waals surface area contributed by atoms with Gasteiger partial charge < -0.3 is 29.9 Å². The highest BCUT2D eigenvalue weighted by atomic mass is 16.5. The third kappa shape index (κ3) is 7.95. The van der Waals surface area contributed by atoms with Crippen LogP contribution in [-0.2, 0) is 14.3 Å². The van der Waals surface area contributed by atoms with Crippen LogP contribution in [0.3, 0.4) is 0 Å². The van der Waals surface area contributed by atoms with Crippen molar-refractivity contribution in [2.45, 2.75) is 19.3 Å². The Labute approximate surface area is 184 Å². The molecular weight excluding hydrogens is 398 g/mol. The molecule has 1 aromatic rings. The zero-order valence-electron chi connectivity index (χ0n) is 18.5. The van der Waals surface area contributed by atoms with Crippen LogP contribution in [0.4, 0.5) is 5.95 Å². The van der Waals surface area contributed by atoms with E-state index in [4.69, 9.17) is 9.47 Å². The Kier molecular flexibility index (Phi) is 9.78. The minimum absolute atomic E-state index is 0.154. The van der Waals surface area contributed by atoms with Gasteiger partial charge in [0, 0.05) is 84.3 Å². The highest BCUT2D eigenvalue weighted by molar-refractivity contribution is 5.81. The Hall–Kier alpha value is -2.46. The van der Waals surface area contributed by atoms with E-state index in [0.29, 0.717) is 37.9 Å². The Morgan fingerprint density at radius 3 is 2.71 bits per heavy atom. The van der Waals surface area contributed by atoms with Gasteiger partial charge in [-0.15, -0.1) is 0 Å². The lowest BCUT2D eigenvalue weighted by Crippen LogP contribution is -2.50. The summed E-state index contributed by atoms with van der Waals surface area (Å²) in [5, 5.41) is 6.48. The first-order valence-corrected chi connectivity index (χ1v) is 11.2. The number of carbonyl (C=O) groups is 1. The number of piperazine rings is 1. The van der Waals surface area contributed by atoms with Crippen LogP contribution in [0.15, 0.2) is 23.5 Å². The molecule has 3 rings (SSSR count). The molecule has 0 aliphatic carbocycles. The Balaban J connectivity index is 1.23. The van der Waals surface area contributed by atoms with Gasteiger partial charge in [-0.05, 0) is 18.9 Å². The lowest BCUT2D eigenvalue weighted by atomic mass is 10.1. The summed E-state index contributed by atoms with van der Waals surface area (Å²) >= 11 is 0. The molecule has 1 amide bonds. The SMILES string of the molecule is CN=C(NCCCOCC1CCOC1)NCCC(=O)N1CCN(c2ncccn2)CC1. The predicted molar refractivity (Wildman–Crippen MR) is 119 cm³/mol. The standard InChI is InChI=1S/C21H35N7O3/c1-22-20(23-8-3-14-30-16-18-5-15-31-17-18)24-9-4-19(29)27-10-12-28(13-11-27)21-25-6-2-7-26-21/h2,6-7,18H,3-5,8-17H2,1H3,(H2,22,23,24). The number of aromatic nitrogens is 2. The normalized spacial score (nSPS) is 19.5. The molecule has 2 fully saturated rings. The van der Waals surface area contributed by atoms with Crippen LogP contribution in [0, 0.1) is 5.92 Å². The smallest absolute Gasteiger partial charge is 0.225 e. The monoisotopic (exact) mass is 433 g/mol. The highest BCUT2D eigenvalue weighted by Crippen LogP contribution is 2.12. The third-order valence-corrected chi connectivity index (χ3v) is 5.46. The second kappa shape index (κ2) is 13.1. The summed E-state index contributed by atoms with van der Waals surface area (Å²) in [6.07, 6.45) is 5.93.